The molecule has 1 aromatic carbocycles. The van der Waals surface area contributed by atoms with Crippen molar-refractivity contribution in [2.24, 2.45) is 0 Å². The zero-order valence-electron chi connectivity index (χ0n) is 16.3. The minimum absolute atomic E-state index is 0.0538. The van der Waals surface area contributed by atoms with Crippen molar-refractivity contribution in [3.63, 3.8) is 0 Å². The normalized spacial score (nSPS) is 15.1. The van der Waals surface area contributed by atoms with Gasteiger partial charge in [-0.15, -0.1) is 0 Å². The molecule has 150 valence electrons. The van der Waals surface area contributed by atoms with E-state index in [0.717, 1.165) is 33.5 Å². The second-order valence-corrected chi connectivity index (χ2v) is 7.42. The highest BCUT2D eigenvalue weighted by atomic mass is 35.5. The summed E-state index contributed by atoms with van der Waals surface area (Å²) >= 11 is 6.30. The molecule has 0 atom stereocenters. The third-order valence-corrected chi connectivity index (χ3v) is 5.02. The predicted octanol–water partition coefficient (Wildman–Crippen LogP) is 5.65. The van der Waals surface area contributed by atoms with E-state index in [0.29, 0.717) is 23.8 Å². The van der Waals surface area contributed by atoms with E-state index >= 15 is 0 Å². The molecule has 0 spiro atoms. The number of allylic oxidation sites excluding steroid dienone is 5. The van der Waals surface area contributed by atoms with E-state index in [1.54, 1.807) is 24.5 Å². The summed E-state index contributed by atoms with van der Waals surface area (Å²) in [6.45, 7) is 3.87. The minimum Gasteiger partial charge on any atom is -0.508 e. The number of aliphatic carboxylic acids is 1. The molecule has 2 aromatic rings. The van der Waals surface area contributed by atoms with Gasteiger partial charge in [-0.3, -0.25) is 4.79 Å². The summed E-state index contributed by atoms with van der Waals surface area (Å²) in [5.74, 6) is -0.158. The number of phenols is 1. The van der Waals surface area contributed by atoms with Crippen molar-refractivity contribution in [1.82, 2.24) is 4.98 Å². The van der Waals surface area contributed by atoms with Crippen LogP contribution < -0.4 is 4.74 Å². The first kappa shape index (κ1) is 20.7. The van der Waals surface area contributed by atoms with Crippen molar-refractivity contribution in [1.29, 1.82) is 0 Å². The number of carboxylic acid groups (broad SMARTS) is 1. The highest BCUT2D eigenvalue weighted by Gasteiger charge is 2.12. The number of carboxylic acids is 1. The molecule has 0 aliphatic heterocycles. The Bertz CT molecular complexity index is 1010. The van der Waals surface area contributed by atoms with Crippen molar-refractivity contribution >= 4 is 17.6 Å². The lowest BCUT2D eigenvalue weighted by atomic mass is 9.99. The summed E-state index contributed by atoms with van der Waals surface area (Å²) in [7, 11) is 0. The molecule has 3 rings (SSSR count). The number of phenolic OH excluding ortho intramolecular Hbond substituents is 1. The van der Waals surface area contributed by atoms with Gasteiger partial charge in [-0.05, 0) is 60.7 Å². The Morgan fingerprint density at radius 1 is 1.24 bits per heavy atom. The number of ether oxygens (including phenoxy) is 1. The number of nitrogens with zero attached hydrogens (tertiary/aromatic N) is 1. The number of carbonyl (C=O) groups is 1. The van der Waals surface area contributed by atoms with Gasteiger partial charge in [-0.2, -0.15) is 0 Å². The zero-order valence-corrected chi connectivity index (χ0v) is 17.0. The van der Waals surface area contributed by atoms with Crippen molar-refractivity contribution in [3.8, 4) is 22.9 Å². The van der Waals surface area contributed by atoms with Gasteiger partial charge in [0.25, 0.3) is 0 Å². The van der Waals surface area contributed by atoms with Crippen LogP contribution in [0.2, 0.25) is 0 Å². The molecule has 1 aromatic heterocycles. The van der Waals surface area contributed by atoms with Gasteiger partial charge in [-0.1, -0.05) is 29.8 Å². The SMILES string of the molecule is Cc1cc(O)cc(C)c1-c1cccc(OC=C2C=CC(CCC(=O)O)=C(Cl)C2)n1. The van der Waals surface area contributed by atoms with E-state index < -0.39 is 5.97 Å². The molecule has 0 fully saturated rings. The summed E-state index contributed by atoms with van der Waals surface area (Å²) in [5.41, 5.74) is 5.32. The molecule has 1 heterocycles. The average Bonchev–Trinajstić information content (AvgIpc) is 2.65. The van der Waals surface area contributed by atoms with Crippen molar-refractivity contribution in [2.45, 2.75) is 33.1 Å². The average molecular weight is 412 g/mol. The van der Waals surface area contributed by atoms with E-state index in [1.165, 1.54) is 0 Å². The van der Waals surface area contributed by atoms with E-state index in [-0.39, 0.29) is 12.2 Å². The maximum absolute atomic E-state index is 10.7. The molecule has 1 aliphatic rings. The Labute approximate surface area is 174 Å². The van der Waals surface area contributed by atoms with E-state index in [4.69, 9.17) is 21.4 Å². The van der Waals surface area contributed by atoms with Gasteiger partial charge >= 0.3 is 5.97 Å². The van der Waals surface area contributed by atoms with Crippen LogP contribution in [-0.2, 0) is 4.79 Å². The van der Waals surface area contributed by atoms with Gasteiger partial charge in [0.2, 0.25) is 5.88 Å². The maximum atomic E-state index is 10.7. The fourth-order valence-electron chi connectivity index (χ4n) is 3.29. The molecule has 0 bridgehead atoms. The largest absolute Gasteiger partial charge is 0.508 e. The first-order valence-electron chi connectivity index (χ1n) is 9.24. The lowest BCUT2D eigenvalue weighted by Gasteiger charge is -2.13. The van der Waals surface area contributed by atoms with E-state index in [9.17, 15) is 9.90 Å². The Balaban J connectivity index is 1.74. The lowest BCUT2D eigenvalue weighted by molar-refractivity contribution is -0.136. The van der Waals surface area contributed by atoms with Gasteiger partial charge in [-0.25, -0.2) is 4.98 Å². The van der Waals surface area contributed by atoms with E-state index in [1.807, 2.05) is 38.1 Å². The van der Waals surface area contributed by atoms with Crippen LogP contribution in [-0.4, -0.2) is 21.2 Å². The zero-order chi connectivity index (χ0) is 21.0. The van der Waals surface area contributed by atoms with Gasteiger partial charge < -0.3 is 14.9 Å². The van der Waals surface area contributed by atoms with Crippen molar-refractivity contribution < 1.29 is 19.7 Å². The maximum Gasteiger partial charge on any atom is 0.303 e. The van der Waals surface area contributed by atoms with Crippen LogP contribution in [0.1, 0.15) is 30.4 Å². The number of aromatic hydroxyl groups is 1. The molecule has 29 heavy (non-hydrogen) atoms. The number of rotatable bonds is 6. The molecule has 1 aliphatic carbocycles. The molecule has 6 heteroatoms. The van der Waals surface area contributed by atoms with Crippen molar-refractivity contribution in [3.05, 3.63) is 76.1 Å². The first-order chi connectivity index (χ1) is 13.8. The van der Waals surface area contributed by atoms with E-state index in [2.05, 4.69) is 4.98 Å². The number of halogens is 1. The summed E-state index contributed by atoms with van der Waals surface area (Å²) in [4.78, 5) is 15.3. The number of aryl methyl sites for hydroxylation is 2. The Kier molecular flexibility index (Phi) is 6.39. The summed E-state index contributed by atoms with van der Waals surface area (Å²) in [5, 5.41) is 19.2. The summed E-state index contributed by atoms with van der Waals surface area (Å²) < 4.78 is 5.74. The van der Waals surface area contributed by atoms with Gasteiger partial charge in [0.1, 0.15) is 5.75 Å². The van der Waals surface area contributed by atoms with Crippen LogP contribution in [0.3, 0.4) is 0 Å². The van der Waals surface area contributed by atoms with Crippen LogP contribution in [0.25, 0.3) is 11.3 Å². The highest BCUT2D eigenvalue weighted by molar-refractivity contribution is 6.30. The molecular formula is C23H22ClNO4. The smallest absolute Gasteiger partial charge is 0.303 e. The number of pyridine rings is 1. The van der Waals surface area contributed by atoms with Crippen LogP contribution >= 0.6 is 11.6 Å². The van der Waals surface area contributed by atoms with Crippen molar-refractivity contribution in [2.75, 3.05) is 0 Å². The van der Waals surface area contributed by atoms with Crippen LogP contribution in [0, 0.1) is 13.8 Å². The topological polar surface area (TPSA) is 79.7 Å². The second kappa shape index (κ2) is 8.97. The molecule has 2 N–H and O–H groups in total. The highest BCUT2D eigenvalue weighted by Crippen LogP contribution is 2.31. The molecule has 5 nitrogen and oxygen atoms in total. The molecule has 0 radical (unpaired) electrons. The molecule has 0 unspecified atom stereocenters. The predicted molar refractivity (Wildman–Crippen MR) is 113 cm³/mol. The molecule has 0 amide bonds. The Morgan fingerprint density at radius 2 is 1.97 bits per heavy atom. The molecular weight excluding hydrogens is 390 g/mol. The van der Waals surface area contributed by atoms with Crippen LogP contribution in [0.15, 0.2) is 64.9 Å². The Morgan fingerprint density at radius 3 is 2.62 bits per heavy atom. The monoisotopic (exact) mass is 411 g/mol. The fourth-order valence-corrected chi connectivity index (χ4v) is 3.60. The minimum atomic E-state index is -0.843. The molecule has 0 saturated heterocycles. The fraction of sp³-hybridized carbons (Fsp3) is 0.217. The first-order valence-corrected chi connectivity index (χ1v) is 9.62. The second-order valence-electron chi connectivity index (χ2n) is 6.96. The van der Waals surface area contributed by atoms with Gasteiger partial charge in [0.15, 0.2) is 0 Å². The standard InChI is InChI=1S/C23H22ClNO4/c1-14-10-18(26)11-15(2)23(14)20-4-3-5-21(25-20)29-13-16-6-7-17(19(24)12-16)8-9-22(27)28/h3-7,10-11,13,26H,8-9,12H2,1-2H3,(H,27,28). The number of hydrogen-bond acceptors (Lipinski definition) is 4. The Hall–Kier alpha value is -3.05. The number of aromatic nitrogens is 1. The summed E-state index contributed by atoms with van der Waals surface area (Å²) in [6, 6.07) is 8.97. The number of hydrogen-bond donors (Lipinski definition) is 2. The third kappa shape index (κ3) is 5.27. The van der Waals surface area contributed by atoms with Crippen LogP contribution in [0.5, 0.6) is 11.6 Å². The quantitative estimate of drug-likeness (QED) is 0.600. The molecule has 0 saturated carbocycles. The number of benzene rings is 1. The van der Waals surface area contributed by atoms with Gasteiger partial charge in [0.05, 0.1) is 12.0 Å². The lowest BCUT2D eigenvalue weighted by Crippen LogP contribution is -2.00. The van der Waals surface area contributed by atoms with Crippen LogP contribution in [0.4, 0.5) is 0 Å². The third-order valence-electron chi connectivity index (χ3n) is 4.64. The van der Waals surface area contributed by atoms with Gasteiger partial charge in [0, 0.05) is 29.5 Å². The summed E-state index contributed by atoms with van der Waals surface area (Å²) in [6.07, 6.45) is 6.27.